The lowest BCUT2D eigenvalue weighted by Gasteiger charge is -2.16. The number of hydrogen-bond acceptors (Lipinski definition) is 9. The van der Waals surface area contributed by atoms with Crippen molar-refractivity contribution in [2.24, 2.45) is 0 Å². The number of hydrogen-bond donors (Lipinski definition) is 3. The molecule has 0 spiro atoms. The van der Waals surface area contributed by atoms with Crippen molar-refractivity contribution < 1.29 is 24.5 Å². The number of carbonyl (C=O) groups is 1. The standard InChI is InChI=1S/C12H15N5O5/c1-5(18)21-2-6-8(19)9(20)12(22-6)17-4-16-7-10(13)14-3-15-11(7)17/h3-4,6,8-9,12,19-20H,2H2,1H3,(H2,13,14,15)/t6-,8-,9-,12-/m0/s1. The Morgan fingerprint density at radius 3 is 2.91 bits per heavy atom. The normalized spacial score (nSPS) is 28.1. The van der Waals surface area contributed by atoms with Crippen LogP contribution in [-0.2, 0) is 14.3 Å². The van der Waals surface area contributed by atoms with Crippen molar-refractivity contribution in [2.45, 2.75) is 31.5 Å². The second kappa shape index (κ2) is 5.48. The minimum Gasteiger partial charge on any atom is -0.463 e. The van der Waals surface area contributed by atoms with E-state index in [9.17, 15) is 15.0 Å². The second-order valence-electron chi connectivity index (χ2n) is 4.93. The van der Waals surface area contributed by atoms with E-state index in [2.05, 4.69) is 15.0 Å². The van der Waals surface area contributed by atoms with E-state index in [1.54, 1.807) is 0 Å². The van der Waals surface area contributed by atoms with Crippen LogP contribution < -0.4 is 5.73 Å². The zero-order valence-corrected chi connectivity index (χ0v) is 11.7. The highest BCUT2D eigenvalue weighted by molar-refractivity contribution is 5.81. The number of nitrogens with zero attached hydrogens (tertiary/aromatic N) is 4. The highest BCUT2D eigenvalue weighted by atomic mass is 16.6. The first-order chi connectivity index (χ1) is 10.5. The van der Waals surface area contributed by atoms with E-state index in [0.717, 1.165) is 0 Å². The number of fused-ring (bicyclic) bond motifs is 1. The van der Waals surface area contributed by atoms with E-state index >= 15 is 0 Å². The van der Waals surface area contributed by atoms with Gasteiger partial charge in [0.1, 0.15) is 36.8 Å². The van der Waals surface area contributed by atoms with E-state index in [1.807, 2.05) is 0 Å². The van der Waals surface area contributed by atoms with Crippen molar-refractivity contribution in [3.63, 3.8) is 0 Å². The SMILES string of the molecule is CC(=O)OC[C@@H]1O[C@H](n2cnc3c(N)ncnc32)[C@@H](O)[C@H]1O. The summed E-state index contributed by atoms with van der Waals surface area (Å²) in [5.74, 6) is -0.296. The number of nitrogens with two attached hydrogens (primary N) is 1. The van der Waals surface area contributed by atoms with Gasteiger partial charge < -0.3 is 25.4 Å². The predicted octanol–water partition coefficient (Wildman–Crippen LogP) is -1.41. The fraction of sp³-hybridized carbons (Fsp3) is 0.500. The summed E-state index contributed by atoms with van der Waals surface area (Å²) in [6, 6.07) is 0. The quantitative estimate of drug-likeness (QED) is 0.582. The highest BCUT2D eigenvalue weighted by Crippen LogP contribution is 2.32. The number of nitrogen functional groups attached to an aromatic ring is 1. The molecule has 3 rings (SSSR count). The van der Waals surface area contributed by atoms with E-state index in [1.165, 1.54) is 24.1 Å². The molecule has 0 aromatic carbocycles. The van der Waals surface area contributed by atoms with Crippen LogP contribution in [0.4, 0.5) is 5.82 Å². The third kappa shape index (κ3) is 2.36. The molecule has 0 aliphatic carbocycles. The first-order valence-corrected chi connectivity index (χ1v) is 6.57. The number of aromatic nitrogens is 4. The summed E-state index contributed by atoms with van der Waals surface area (Å²) >= 11 is 0. The number of aliphatic hydroxyl groups is 2. The monoisotopic (exact) mass is 309 g/mol. The predicted molar refractivity (Wildman–Crippen MR) is 72.3 cm³/mol. The molecule has 2 aromatic rings. The molecule has 0 bridgehead atoms. The zero-order chi connectivity index (χ0) is 15.9. The van der Waals surface area contributed by atoms with Crippen LogP contribution in [0.3, 0.4) is 0 Å². The molecule has 4 atom stereocenters. The van der Waals surface area contributed by atoms with Gasteiger partial charge in [0.2, 0.25) is 0 Å². The number of anilines is 1. The van der Waals surface area contributed by atoms with Crippen LogP contribution in [0.25, 0.3) is 11.2 Å². The summed E-state index contributed by atoms with van der Waals surface area (Å²) in [4.78, 5) is 22.8. The van der Waals surface area contributed by atoms with Gasteiger partial charge in [-0.05, 0) is 0 Å². The van der Waals surface area contributed by atoms with Crippen molar-refractivity contribution in [1.82, 2.24) is 19.5 Å². The molecule has 1 aliphatic rings. The number of esters is 1. The average molecular weight is 309 g/mol. The first-order valence-electron chi connectivity index (χ1n) is 6.57. The molecule has 1 fully saturated rings. The van der Waals surface area contributed by atoms with Gasteiger partial charge in [-0.3, -0.25) is 9.36 Å². The third-order valence-electron chi connectivity index (χ3n) is 3.45. The Labute approximate surface area is 124 Å². The summed E-state index contributed by atoms with van der Waals surface area (Å²) in [6.07, 6.45) is -1.54. The Bertz CT molecular complexity index is 704. The highest BCUT2D eigenvalue weighted by Gasteiger charge is 2.44. The number of ether oxygens (including phenoxy) is 2. The maximum atomic E-state index is 10.8. The first kappa shape index (κ1) is 14.6. The molecule has 118 valence electrons. The van der Waals surface area contributed by atoms with Crippen LogP contribution in [0.1, 0.15) is 13.2 Å². The number of rotatable bonds is 3. The fourth-order valence-electron chi connectivity index (χ4n) is 2.35. The molecule has 0 radical (unpaired) electrons. The molecule has 22 heavy (non-hydrogen) atoms. The van der Waals surface area contributed by atoms with Crippen molar-refractivity contribution in [3.05, 3.63) is 12.7 Å². The van der Waals surface area contributed by atoms with Gasteiger partial charge in [-0.15, -0.1) is 0 Å². The Morgan fingerprint density at radius 2 is 2.18 bits per heavy atom. The Balaban J connectivity index is 1.87. The largest absolute Gasteiger partial charge is 0.463 e. The van der Waals surface area contributed by atoms with Crippen LogP contribution in [-0.4, -0.2) is 60.6 Å². The summed E-state index contributed by atoms with van der Waals surface area (Å²) in [5, 5.41) is 20.2. The molecule has 10 heteroatoms. The van der Waals surface area contributed by atoms with Crippen LogP contribution >= 0.6 is 0 Å². The molecule has 0 saturated carbocycles. The molecule has 1 aliphatic heterocycles. The van der Waals surface area contributed by atoms with Gasteiger partial charge in [-0.2, -0.15) is 0 Å². The minimum absolute atomic E-state index is 0.159. The van der Waals surface area contributed by atoms with Gasteiger partial charge >= 0.3 is 5.97 Å². The van der Waals surface area contributed by atoms with E-state index in [-0.39, 0.29) is 12.4 Å². The summed E-state index contributed by atoms with van der Waals surface area (Å²) in [7, 11) is 0. The molecule has 0 unspecified atom stereocenters. The van der Waals surface area contributed by atoms with Gasteiger partial charge in [0.25, 0.3) is 0 Å². The Morgan fingerprint density at radius 1 is 1.41 bits per heavy atom. The molecule has 4 N–H and O–H groups in total. The molecular weight excluding hydrogens is 294 g/mol. The summed E-state index contributed by atoms with van der Waals surface area (Å²) in [5.41, 5.74) is 6.44. The molecule has 0 amide bonds. The van der Waals surface area contributed by atoms with Gasteiger partial charge in [-0.25, -0.2) is 15.0 Å². The van der Waals surface area contributed by atoms with E-state index in [0.29, 0.717) is 11.2 Å². The lowest BCUT2D eigenvalue weighted by Crippen LogP contribution is -2.34. The van der Waals surface area contributed by atoms with Crippen molar-refractivity contribution in [1.29, 1.82) is 0 Å². The Hall–Kier alpha value is -2.30. The topological polar surface area (TPSA) is 146 Å². The van der Waals surface area contributed by atoms with Crippen molar-refractivity contribution in [3.8, 4) is 0 Å². The number of aliphatic hydroxyl groups excluding tert-OH is 2. The van der Waals surface area contributed by atoms with Gasteiger partial charge in [-0.1, -0.05) is 0 Å². The van der Waals surface area contributed by atoms with Crippen molar-refractivity contribution >= 4 is 23.0 Å². The molecular formula is C12H15N5O5. The fourth-order valence-corrected chi connectivity index (χ4v) is 2.35. The number of imidazole rings is 1. The van der Waals surface area contributed by atoms with E-state index in [4.69, 9.17) is 15.2 Å². The summed E-state index contributed by atoms with van der Waals surface area (Å²) in [6.45, 7) is 1.09. The van der Waals surface area contributed by atoms with Crippen LogP contribution in [0.15, 0.2) is 12.7 Å². The van der Waals surface area contributed by atoms with Crippen molar-refractivity contribution in [2.75, 3.05) is 12.3 Å². The molecule has 10 nitrogen and oxygen atoms in total. The van der Waals surface area contributed by atoms with Crippen LogP contribution in [0.2, 0.25) is 0 Å². The maximum Gasteiger partial charge on any atom is 0.302 e. The molecule has 1 saturated heterocycles. The van der Waals surface area contributed by atoms with Gasteiger partial charge in [0.05, 0.1) is 6.33 Å². The lowest BCUT2D eigenvalue weighted by molar-refractivity contribution is -0.147. The zero-order valence-electron chi connectivity index (χ0n) is 11.7. The minimum atomic E-state index is -1.23. The maximum absolute atomic E-state index is 10.8. The number of carbonyl (C=O) groups excluding carboxylic acids is 1. The summed E-state index contributed by atoms with van der Waals surface area (Å²) < 4.78 is 11.8. The average Bonchev–Trinajstić information content (AvgIpc) is 3.01. The smallest absolute Gasteiger partial charge is 0.302 e. The van der Waals surface area contributed by atoms with Gasteiger partial charge in [0, 0.05) is 6.92 Å². The van der Waals surface area contributed by atoms with Crippen LogP contribution in [0, 0.1) is 0 Å². The lowest BCUT2D eigenvalue weighted by atomic mass is 10.1. The Kier molecular flexibility index (Phi) is 3.64. The third-order valence-corrected chi connectivity index (χ3v) is 3.45. The van der Waals surface area contributed by atoms with Crippen LogP contribution in [0.5, 0.6) is 0 Å². The second-order valence-corrected chi connectivity index (χ2v) is 4.93. The molecule has 2 aromatic heterocycles. The van der Waals surface area contributed by atoms with Gasteiger partial charge in [0.15, 0.2) is 17.7 Å². The van der Waals surface area contributed by atoms with E-state index < -0.39 is 30.5 Å². The molecule has 3 heterocycles.